The van der Waals surface area contributed by atoms with Gasteiger partial charge in [0.1, 0.15) is 17.1 Å². The highest BCUT2D eigenvalue weighted by molar-refractivity contribution is 8.00. The van der Waals surface area contributed by atoms with Gasteiger partial charge in [-0.2, -0.15) is 4.57 Å². The van der Waals surface area contributed by atoms with Crippen molar-refractivity contribution in [3.8, 4) is 0 Å². The van der Waals surface area contributed by atoms with Crippen LogP contribution in [0.3, 0.4) is 0 Å². The summed E-state index contributed by atoms with van der Waals surface area (Å²) in [5, 5.41) is 10.3. The first kappa shape index (κ1) is 15.4. The van der Waals surface area contributed by atoms with E-state index in [9.17, 15) is 14.7 Å². The molecule has 0 unspecified atom stereocenters. The van der Waals surface area contributed by atoms with Crippen molar-refractivity contribution < 1.29 is 19.3 Å². The molecule has 3 N–H and O–H groups in total. The second-order valence-electron chi connectivity index (χ2n) is 5.06. The first-order valence-electron chi connectivity index (χ1n) is 6.72. The van der Waals surface area contributed by atoms with Crippen LogP contribution in [0.5, 0.6) is 0 Å². The quantitative estimate of drug-likeness (QED) is 0.466. The Morgan fingerprint density at radius 1 is 1.59 bits per heavy atom. The summed E-state index contributed by atoms with van der Waals surface area (Å²) in [5.74, 6) is -0.808. The maximum absolute atomic E-state index is 11.9. The van der Waals surface area contributed by atoms with Crippen LogP contribution in [0.25, 0.3) is 0 Å². The Morgan fingerprint density at radius 2 is 2.36 bits per heavy atom. The number of hydrogen-bond donors (Lipinski definition) is 2. The predicted molar refractivity (Wildman–Crippen MR) is 84.1 cm³/mol. The smallest absolute Gasteiger partial charge is 0.352 e. The van der Waals surface area contributed by atoms with E-state index >= 15 is 0 Å². The average Bonchev–Trinajstić information content (AvgIpc) is 2.53. The first-order valence-corrected chi connectivity index (χ1v) is 9.00. The number of β-lactam (4-membered cyclic amide) rings is 1. The molecule has 2 aliphatic heterocycles. The van der Waals surface area contributed by atoms with Gasteiger partial charge in [-0.05, 0) is 12.3 Å². The molecule has 6 nitrogen and oxygen atoms in total. The van der Waals surface area contributed by atoms with E-state index in [0.717, 1.165) is 10.6 Å². The molecule has 0 spiro atoms. The fraction of sp³-hybridized carbons (Fsp3) is 0.357. The number of hydrogen-bond acceptors (Lipinski definition) is 5. The number of aliphatic carboxylic acids is 1. The second-order valence-corrected chi connectivity index (χ2v) is 7.00. The maximum atomic E-state index is 11.9. The number of amides is 1. The summed E-state index contributed by atoms with van der Waals surface area (Å²) >= 11 is 3.12. The minimum absolute atomic E-state index is 0.0962. The fourth-order valence-electron chi connectivity index (χ4n) is 2.68. The Labute approximate surface area is 136 Å². The topological polar surface area (TPSA) is 87.5 Å². The van der Waals surface area contributed by atoms with E-state index in [4.69, 9.17) is 5.73 Å². The third-order valence-corrected chi connectivity index (χ3v) is 5.91. The Kier molecular flexibility index (Phi) is 4.16. The van der Waals surface area contributed by atoms with Crippen LogP contribution in [-0.4, -0.2) is 45.3 Å². The van der Waals surface area contributed by atoms with E-state index in [2.05, 4.69) is 0 Å². The van der Waals surface area contributed by atoms with Gasteiger partial charge in [0.05, 0.1) is 0 Å². The maximum Gasteiger partial charge on any atom is 0.352 e. The van der Waals surface area contributed by atoms with Crippen LogP contribution in [-0.2, 0) is 16.1 Å². The fourth-order valence-corrected chi connectivity index (χ4v) is 4.54. The van der Waals surface area contributed by atoms with Gasteiger partial charge in [-0.25, -0.2) is 4.79 Å². The van der Waals surface area contributed by atoms with Gasteiger partial charge in [-0.1, -0.05) is 11.8 Å². The lowest BCUT2D eigenvalue weighted by Crippen LogP contribution is -2.68. The lowest BCUT2D eigenvalue weighted by Gasteiger charge is -2.47. The molecule has 3 heterocycles. The summed E-state index contributed by atoms with van der Waals surface area (Å²) in [6.45, 7) is 0.456. The van der Waals surface area contributed by atoms with Crippen molar-refractivity contribution in [1.82, 2.24) is 4.90 Å². The van der Waals surface area contributed by atoms with Gasteiger partial charge < -0.3 is 10.8 Å². The summed E-state index contributed by atoms with van der Waals surface area (Å²) < 4.78 is 1.99. The van der Waals surface area contributed by atoms with E-state index in [1.165, 1.54) is 16.7 Å². The summed E-state index contributed by atoms with van der Waals surface area (Å²) in [5.41, 5.74) is 6.58. The van der Waals surface area contributed by atoms with Gasteiger partial charge in [0.2, 0.25) is 10.9 Å². The number of nitrogens with zero attached hydrogens (tertiary/aromatic N) is 2. The number of carbonyl (C=O) groups is 2. The molecule has 1 saturated heterocycles. The number of pyridine rings is 1. The van der Waals surface area contributed by atoms with Gasteiger partial charge >= 0.3 is 5.97 Å². The third kappa shape index (κ3) is 2.41. The molecule has 1 aromatic rings. The number of aromatic nitrogens is 1. The molecule has 0 aromatic carbocycles. The van der Waals surface area contributed by atoms with Crippen molar-refractivity contribution in [3.63, 3.8) is 0 Å². The van der Waals surface area contributed by atoms with Crippen molar-refractivity contribution >= 4 is 35.4 Å². The van der Waals surface area contributed by atoms with Crippen molar-refractivity contribution in [2.24, 2.45) is 5.73 Å². The number of rotatable bonds is 4. The molecule has 22 heavy (non-hydrogen) atoms. The highest BCUT2D eigenvalue weighted by Gasteiger charge is 2.52. The van der Waals surface area contributed by atoms with E-state index in [0.29, 0.717) is 12.3 Å². The molecule has 116 valence electrons. The Balaban J connectivity index is 1.97. The molecule has 0 bridgehead atoms. The zero-order valence-corrected chi connectivity index (χ0v) is 13.6. The second kappa shape index (κ2) is 5.94. The molecule has 2 aliphatic rings. The van der Waals surface area contributed by atoms with Crippen molar-refractivity contribution in [2.45, 2.75) is 23.0 Å². The van der Waals surface area contributed by atoms with Gasteiger partial charge in [0.25, 0.3) is 0 Å². The number of thioether (sulfide) groups is 2. The monoisotopic (exact) mass is 338 g/mol. The number of carbonyl (C=O) groups excluding carboxylic acids is 1. The molecule has 0 saturated carbocycles. The van der Waals surface area contributed by atoms with Crippen LogP contribution < -0.4 is 10.3 Å². The normalized spacial score (nSPS) is 24.1. The summed E-state index contributed by atoms with van der Waals surface area (Å²) in [6, 6.07) is 5.24. The number of fused-ring (bicyclic) bond motifs is 1. The molecule has 8 heteroatoms. The highest BCUT2D eigenvalue weighted by atomic mass is 32.2. The van der Waals surface area contributed by atoms with E-state index in [1.807, 2.05) is 35.2 Å². The predicted octanol–water partition coefficient (Wildman–Crippen LogP) is 0.277. The lowest BCUT2D eigenvalue weighted by atomic mass is 10.0. The largest absolute Gasteiger partial charge is 0.477 e. The van der Waals surface area contributed by atoms with Gasteiger partial charge in [0, 0.05) is 23.5 Å². The Bertz CT molecular complexity index is 677. The molecular weight excluding hydrogens is 322 g/mol. The zero-order valence-electron chi connectivity index (χ0n) is 11.9. The summed E-state index contributed by atoms with van der Waals surface area (Å²) in [4.78, 5) is 24.9. The van der Waals surface area contributed by atoms with Crippen LogP contribution >= 0.6 is 23.5 Å². The van der Waals surface area contributed by atoms with Crippen LogP contribution in [0.2, 0.25) is 0 Å². The molecule has 3 rings (SSSR count). The highest BCUT2D eigenvalue weighted by Crippen LogP contribution is 2.39. The number of nitrogens with two attached hydrogens (primary N) is 1. The van der Waals surface area contributed by atoms with Crippen molar-refractivity contribution in [2.75, 3.05) is 12.0 Å². The molecule has 1 fully saturated rings. The van der Waals surface area contributed by atoms with Gasteiger partial charge in [-0.3, -0.25) is 9.69 Å². The molecule has 2 atom stereocenters. The van der Waals surface area contributed by atoms with Gasteiger partial charge in [-0.15, -0.1) is 11.8 Å². The van der Waals surface area contributed by atoms with Crippen LogP contribution in [0, 0.1) is 0 Å². The molecule has 0 aliphatic carbocycles. The molecule has 1 aromatic heterocycles. The zero-order chi connectivity index (χ0) is 15.9. The third-order valence-electron chi connectivity index (χ3n) is 3.76. The first-order chi connectivity index (χ1) is 10.5. The minimum atomic E-state index is -1.07. The number of carboxylic acid groups (broad SMARTS) is 1. The molecule has 0 radical (unpaired) electrons. The van der Waals surface area contributed by atoms with Crippen LogP contribution in [0.15, 0.2) is 40.7 Å². The average molecular weight is 338 g/mol. The van der Waals surface area contributed by atoms with Crippen molar-refractivity contribution in [3.05, 3.63) is 35.7 Å². The lowest BCUT2D eigenvalue weighted by molar-refractivity contribution is -0.725. The SMILES string of the molecule is CSc1cccc[n+]1CC1=C(C(=O)O)N2C(=O)[C@@H](N)[C@@H]2SC1. The molecule has 1 amide bonds. The Morgan fingerprint density at radius 3 is 3.05 bits per heavy atom. The van der Waals surface area contributed by atoms with E-state index in [1.54, 1.807) is 11.8 Å². The minimum Gasteiger partial charge on any atom is -0.477 e. The van der Waals surface area contributed by atoms with Crippen LogP contribution in [0.1, 0.15) is 0 Å². The standard InChI is InChI=1S/C14H15N3O3S2/c1-21-9-4-2-3-5-16(9)6-8-7-22-13-10(15)12(18)17(13)11(8)14(19)20/h2-5,10,13H,6-7,15H2,1H3/p+1/t10-,13+/m1/s1. The summed E-state index contributed by atoms with van der Waals surface area (Å²) in [6.07, 6.45) is 3.89. The van der Waals surface area contributed by atoms with Crippen molar-refractivity contribution in [1.29, 1.82) is 0 Å². The summed E-state index contributed by atoms with van der Waals surface area (Å²) in [7, 11) is 0. The van der Waals surface area contributed by atoms with E-state index in [-0.39, 0.29) is 17.0 Å². The molecular formula is C14H16N3O3S2+. The van der Waals surface area contributed by atoms with Gasteiger partial charge in [0.15, 0.2) is 12.7 Å². The van der Waals surface area contributed by atoms with Crippen LogP contribution in [0.4, 0.5) is 0 Å². The Hall–Kier alpha value is -1.51. The van der Waals surface area contributed by atoms with E-state index < -0.39 is 12.0 Å². The number of carboxylic acids is 1.